The number of hydrogen-bond acceptors (Lipinski definition) is 1. The quantitative estimate of drug-likeness (QED) is 0.847. The van der Waals surface area contributed by atoms with Crippen LogP contribution in [0.1, 0.15) is 50.1 Å². The Kier molecular flexibility index (Phi) is 3.35. The topological polar surface area (TPSA) is 29.1 Å². The lowest BCUT2D eigenvalue weighted by molar-refractivity contribution is -0.119. The van der Waals surface area contributed by atoms with Crippen molar-refractivity contribution in [1.29, 1.82) is 0 Å². The van der Waals surface area contributed by atoms with E-state index in [4.69, 9.17) is 0 Å². The molecule has 1 N–H and O–H groups in total. The van der Waals surface area contributed by atoms with Crippen molar-refractivity contribution < 1.29 is 4.79 Å². The van der Waals surface area contributed by atoms with Gasteiger partial charge in [0.1, 0.15) is 0 Å². The Balaban J connectivity index is 1.81. The fourth-order valence-corrected chi connectivity index (χ4v) is 3.66. The molecule has 0 radical (unpaired) electrons. The molecule has 2 unspecified atom stereocenters. The highest BCUT2D eigenvalue weighted by Gasteiger charge is 2.38. The second kappa shape index (κ2) is 5.13. The van der Waals surface area contributed by atoms with Gasteiger partial charge in [-0.3, -0.25) is 4.79 Å². The molecule has 0 spiro atoms. The highest BCUT2D eigenvalue weighted by Crippen LogP contribution is 2.41. The van der Waals surface area contributed by atoms with E-state index in [0.29, 0.717) is 5.92 Å². The van der Waals surface area contributed by atoms with Gasteiger partial charge in [0.05, 0.1) is 6.04 Å². The van der Waals surface area contributed by atoms with Crippen LogP contribution in [0, 0.1) is 11.8 Å². The van der Waals surface area contributed by atoms with Crippen molar-refractivity contribution >= 4 is 5.91 Å². The minimum atomic E-state index is 0.236. The third-order valence-corrected chi connectivity index (χ3v) is 4.58. The molecule has 3 rings (SSSR count). The van der Waals surface area contributed by atoms with Crippen molar-refractivity contribution in [2.45, 2.75) is 44.6 Å². The summed E-state index contributed by atoms with van der Waals surface area (Å²) < 4.78 is 0. The first kappa shape index (κ1) is 11.8. The van der Waals surface area contributed by atoms with Crippen molar-refractivity contribution in [2.75, 3.05) is 0 Å². The molecule has 18 heavy (non-hydrogen) atoms. The maximum atomic E-state index is 11.8. The van der Waals surface area contributed by atoms with Crippen LogP contribution < -0.4 is 5.32 Å². The molecule has 96 valence electrons. The van der Waals surface area contributed by atoms with Gasteiger partial charge in [-0.05, 0) is 17.4 Å². The lowest BCUT2D eigenvalue weighted by atomic mass is 9.75. The van der Waals surface area contributed by atoms with Crippen LogP contribution in [0.3, 0.4) is 0 Å². The average molecular weight is 243 g/mol. The van der Waals surface area contributed by atoms with Gasteiger partial charge in [0.25, 0.3) is 0 Å². The summed E-state index contributed by atoms with van der Waals surface area (Å²) in [6.07, 6.45) is 7.41. The fourth-order valence-electron chi connectivity index (χ4n) is 3.66. The summed E-state index contributed by atoms with van der Waals surface area (Å²) >= 11 is 0. The van der Waals surface area contributed by atoms with Crippen LogP contribution >= 0.6 is 0 Å². The van der Waals surface area contributed by atoms with Gasteiger partial charge in [-0.2, -0.15) is 0 Å². The van der Waals surface area contributed by atoms with E-state index in [0.717, 1.165) is 12.3 Å². The molecule has 1 aromatic carbocycles. The predicted octanol–water partition coefficient (Wildman–Crippen LogP) is 3.44. The lowest BCUT2D eigenvalue weighted by Gasteiger charge is -2.30. The summed E-state index contributed by atoms with van der Waals surface area (Å²) in [6, 6.07) is 10.7. The Hall–Kier alpha value is -1.31. The second-order valence-electron chi connectivity index (χ2n) is 5.72. The molecule has 1 aromatic rings. The molecule has 0 bridgehead atoms. The van der Waals surface area contributed by atoms with Crippen LogP contribution in [0.25, 0.3) is 0 Å². The first-order valence-electron chi connectivity index (χ1n) is 7.19. The maximum absolute atomic E-state index is 11.8. The van der Waals surface area contributed by atoms with Gasteiger partial charge >= 0.3 is 0 Å². The van der Waals surface area contributed by atoms with Gasteiger partial charge in [0.2, 0.25) is 5.91 Å². The molecule has 1 aliphatic heterocycles. The summed E-state index contributed by atoms with van der Waals surface area (Å²) in [6.45, 7) is 0. The van der Waals surface area contributed by atoms with Crippen LogP contribution in [0.5, 0.6) is 0 Å². The van der Waals surface area contributed by atoms with Crippen molar-refractivity contribution in [3.63, 3.8) is 0 Å². The van der Waals surface area contributed by atoms with Crippen LogP contribution in [-0.4, -0.2) is 5.91 Å². The maximum Gasteiger partial charge on any atom is 0.220 e. The summed E-state index contributed by atoms with van der Waals surface area (Å²) in [7, 11) is 0. The van der Waals surface area contributed by atoms with E-state index in [1.165, 1.54) is 37.7 Å². The van der Waals surface area contributed by atoms with E-state index < -0.39 is 0 Å². The number of nitrogens with one attached hydrogen (secondary N) is 1. The number of benzene rings is 1. The highest BCUT2D eigenvalue weighted by molar-refractivity contribution is 5.79. The molecule has 1 saturated carbocycles. The summed E-state index contributed by atoms with van der Waals surface area (Å²) in [4.78, 5) is 11.8. The summed E-state index contributed by atoms with van der Waals surface area (Å²) in [5, 5.41) is 3.18. The SMILES string of the molecule is O=C1CC(C2CCCCC2)C(c2ccccc2)N1. The smallest absolute Gasteiger partial charge is 0.220 e. The van der Waals surface area contributed by atoms with Gasteiger partial charge in [-0.15, -0.1) is 0 Å². The van der Waals surface area contributed by atoms with Crippen molar-refractivity contribution in [3.05, 3.63) is 35.9 Å². The standard InChI is InChI=1S/C16H21NO/c18-15-11-14(12-7-3-1-4-8-12)16(17-15)13-9-5-2-6-10-13/h2,5-6,9-10,12,14,16H,1,3-4,7-8,11H2,(H,17,18). The lowest BCUT2D eigenvalue weighted by Crippen LogP contribution is -2.25. The Bertz CT molecular complexity index is 408. The van der Waals surface area contributed by atoms with E-state index in [9.17, 15) is 4.79 Å². The van der Waals surface area contributed by atoms with E-state index in [2.05, 4.69) is 29.6 Å². The summed E-state index contributed by atoms with van der Waals surface area (Å²) in [5.41, 5.74) is 1.28. The van der Waals surface area contributed by atoms with E-state index >= 15 is 0 Å². The van der Waals surface area contributed by atoms with Crippen LogP contribution in [0.2, 0.25) is 0 Å². The number of hydrogen-bond donors (Lipinski definition) is 1. The zero-order chi connectivity index (χ0) is 12.4. The molecular formula is C16H21NO. The van der Waals surface area contributed by atoms with E-state index in [1.807, 2.05) is 6.07 Å². The van der Waals surface area contributed by atoms with E-state index in [1.54, 1.807) is 0 Å². The zero-order valence-electron chi connectivity index (χ0n) is 10.8. The zero-order valence-corrected chi connectivity index (χ0v) is 10.8. The van der Waals surface area contributed by atoms with Crippen molar-refractivity contribution in [3.8, 4) is 0 Å². The molecule has 2 nitrogen and oxygen atoms in total. The minimum absolute atomic E-state index is 0.236. The molecule has 2 atom stereocenters. The normalized spacial score (nSPS) is 29.2. The number of rotatable bonds is 2. The molecular weight excluding hydrogens is 222 g/mol. The summed E-state index contributed by atoms with van der Waals surface area (Å²) in [5.74, 6) is 1.49. The van der Waals surface area contributed by atoms with Crippen LogP contribution in [-0.2, 0) is 4.79 Å². The monoisotopic (exact) mass is 243 g/mol. The first-order valence-corrected chi connectivity index (χ1v) is 7.19. The van der Waals surface area contributed by atoms with Crippen molar-refractivity contribution in [2.24, 2.45) is 11.8 Å². The molecule has 1 amide bonds. The Labute approximate surface area is 109 Å². The predicted molar refractivity (Wildman–Crippen MR) is 72.0 cm³/mol. The fraction of sp³-hybridized carbons (Fsp3) is 0.562. The van der Waals surface area contributed by atoms with Gasteiger partial charge < -0.3 is 5.32 Å². The van der Waals surface area contributed by atoms with Gasteiger partial charge in [0, 0.05) is 6.42 Å². The Morgan fingerprint density at radius 2 is 1.72 bits per heavy atom. The molecule has 0 aromatic heterocycles. The third kappa shape index (κ3) is 2.29. The second-order valence-corrected chi connectivity index (χ2v) is 5.72. The molecule has 2 fully saturated rings. The van der Waals surface area contributed by atoms with Crippen LogP contribution in [0.4, 0.5) is 0 Å². The third-order valence-electron chi connectivity index (χ3n) is 4.58. The molecule has 1 saturated heterocycles. The van der Waals surface area contributed by atoms with Gasteiger partial charge in [-0.1, -0.05) is 62.4 Å². The molecule has 1 aliphatic carbocycles. The van der Waals surface area contributed by atoms with Gasteiger partial charge in [0.15, 0.2) is 0 Å². The largest absolute Gasteiger partial charge is 0.349 e. The first-order chi connectivity index (χ1) is 8.84. The number of carbonyl (C=O) groups excluding carboxylic acids is 1. The molecule has 1 heterocycles. The molecule has 2 aliphatic rings. The number of amides is 1. The molecule has 2 heteroatoms. The minimum Gasteiger partial charge on any atom is -0.349 e. The van der Waals surface area contributed by atoms with Crippen LogP contribution in [0.15, 0.2) is 30.3 Å². The van der Waals surface area contributed by atoms with E-state index in [-0.39, 0.29) is 11.9 Å². The van der Waals surface area contributed by atoms with Crippen molar-refractivity contribution in [1.82, 2.24) is 5.32 Å². The Morgan fingerprint density at radius 3 is 2.44 bits per heavy atom. The number of carbonyl (C=O) groups is 1. The van der Waals surface area contributed by atoms with Gasteiger partial charge in [-0.25, -0.2) is 0 Å². The highest BCUT2D eigenvalue weighted by atomic mass is 16.2. The average Bonchev–Trinajstić information content (AvgIpc) is 2.83. The Morgan fingerprint density at radius 1 is 1.00 bits per heavy atom.